The molecule has 0 fully saturated rings. The van der Waals surface area contributed by atoms with Gasteiger partial charge in [0, 0.05) is 0 Å². The second-order valence-corrected chi connectivity index (χ2v) is 2.47. The average Bonchev–Trinajstić information content (AvgIpc) is 2.00. The van der Waals surface area contributed by atoms with Crippen molar-refractivity contribution in [3.8, 4) is 0 Å². The van der Waals surface area contributed by atoms with Gasteiger partial charge in [-0.05, 0) is 0 Å². The Labute approximate surface area is 134 Å². The van der Waals surface area contributed by atoms with Crippen molar-refractivity contribution >= 4 is 12.1 Å². The topological polar surface area (TPSA) is 74.3 Å². The third-order valence-electron chi connectivity index (χ3n) is 1.16. The minimum Gasteiger partial charge on any atom is -0.658 e. The molecular formula is C9H12Na2O4. The zero-order chi connectivity index (χ0) is 10.9. The zero-order valence-electron chi connectivity index (χ0n) is 9.92. The molecule has 0 aliphatic heterocycles. The minimum atomic E-state index is -1.10. The molecular weight excluding hydrogens is 218 g/mol. The molecule has 0 aromatic heterocycles. The van der Waals surface area contributed by atoms with Crippen LogP contribution in [0.4, 0.5) is 0 Å². The summed E-state index contributed by atoms with van der Waals surface area (Å²) in [4.78, 5) is 26.6. The van der Waals surface area contributed by atoms with Crippen LogP contribution in [0.5, 0.6) is 0 Å². The fourth-order valence-electron chi connectivity index (χ4n) is 0.702. The van der Waals surface area contributed by atoms with Crippen LogP contribution in [0.25, 0.3) is 0 Å². The van der Waals surface area contributed by atoms with Crippen LogP contribution in [-0.4, -0.2) is 12.1 Å². The van der Waals surface area contributed by atoms with E-state index in [2.05, 4.69) is 6.08 Å². The molecule has 0 aromatic carbocycles. The molecule has 0 unspecified atom stereocenters. The van der Waals surface area contributed by atoms with E-state index in [0.29, 0.717) is 6.42 Å². The Morgan fingerprint density at radius 1 is 1.33 bits per heavy atom. The van der Waals surface area contributed by atoms with Crippen molar-refractivity contribution in [2.75, 3.05) is 0 Å². The van der Waals surface area contributed by atoms with E-state index in [1.54, 1.807) is 0 Å². The molecule has 0 saturated heterocycles. The van der Waals surface area contributed by atoms with Crippen molar-refractivity contribution in [1.29, 1.82) is 0 Å². The number of carboxylic acids is 1. The zero-order valence-corrected chi connectivity index (χ0v) is 13.9. The maximum atomic E-state index is 10.3. The third kappa shape index (κ3) is 17.2. The molecule has 15 heavy (non-hydrogen) atoms. The molecule has 0 bridgehead atoms. The number of carboxylic acid groups (broad SMARTS) is 1. The van der Waals surface area contributed by atoms with Crippen LogP contribution in [0.3, 0.4) is 0 Å². The summed E-state index contributed by atoms with van der Waals surface area (Å²) in [6, 6.07) is 0. The van der Waals surface area contributed by atoms with Gasteiger partial charge in [0.1, 0.15) is 0 Å². The maximum absolute atomic E-state index is 10.3. The Hall–Kier alpha value is 0.590. The SMILES string of the molecule is CC[C-]=C(C(=O)[O-])C(C)C.O=C=O.[Na+].[Na+]. The van der Waals surface area contributed by atoms with E-state index in [0.717, 1.165) is 0 Å². The summed E-state index contributed by atoms with van der Waals surface area (Å²) < 4.78 is 0. The van der Waals surface area contributed by atoms with Crippen LogP contribution in [0, 0.1) is 12.0 Å². The fraction of sp³-hybridized carbons (Fsp3) is 0.556. The molecule has 0 spiro atoms. The predicted molar refractivity (Wildman–Crippen MR) is 41.9 cm³/mol. The summed E-state index contributed by atoms with van der Waals surface area (Å²) in [7, 11) is 0. The van der Waals surface area contributed by atoms with E-state index in [4.69, 9.17) is 9.59 Å². The third-order valence-corrected chi connectivity index (χ3v) is 1.16. The van der Waals surface area contributed by atoms with Crippen LogP contribution in [0.2, 0.25) is 0 Å². The van der Waals surface area contributed by atoms with E-state index >= 15 is 0 Å². The largest absolute Gasteiger partial charge is 1.00 e. The first-order valence-corrected chi connectivity index (χ1v) is 3.82. The number of aliphatic carboxylic acids is 1. The first-order valence-electron chi connectivity index (χ1n) is 3.82. The van der Waals surface area contributed by atoms with E-state index in [9.17, 15) is 9.90 Å². The molecule has 0 aromatic rings. The quantitative estimate of drug-likeness (QED) is 0.275. The predicted octanol–water partition coefficient (Wildman–Crippen LogP) is -6.04. The Bertz CT molecular complexity index is 218. The molecule has 74 valence electrons. The summed E-state index contributed by atoms with van der Waals surface area (Å²) in [6.07, 6.45) is 3.61. The summed E-state index contributed by atoms with van der Waals surface area (Å²) in [5.74, 6) is -1.10. The van der Waals surface area contributed by atoms with Crippen molar-refractivity contribution in [2.45, 2.75) is 27.2 Å². The van der Waals surface area contributed by atoms with Gasteiger partial charge >= 0.3 is 65.3 Å². The molecule has 0 N–H and O–H groups in total. The second-order valence-electron chi connectivity index (χ2n) is 2.47. The van der Waals surface area contributed by atoms with Gasteiger partial charge in [-0.2, -0.15) is 9.59 Å². The van der Waals surface area contributed by atoms with Crippen molar-refractivity contribution in [2.24, 2.45) is 5.92 Å². The molecule has 0 saturated carbocycles. The van der Waals surface area contributed by atoms with Gasteiger partial charge in [-0.1, -0.05) is 26.7 Å². The van der Waals surface area contributed by atoms with Crippen LogP contribution in [-0.2, 0) is 14.4 Å². The van der Waals surface area contributed by atoms with Crippen LogP contribution < -0.4 is 64.2 Å². The van der Waals surface area contributed by atoms with Crippen molar-refractivity contribution in [1.82, 2.24) is 0 Å². The summed E-state index contributed by atoms with van der Waals surface area (Å²) in [6.45, 7) is 5.48. The van der Waals surface area contributed by atoms with Gasteiger partial charge in [0.2, 0.25) is 0 Å². The van der Waals surface area contributed by atoms with Crippen molar-refractivity contribution < 1.29 is 78.6 Å². The van der Waals surface area contributed by atoms with E-state index < -0.39 is 5.97 Å². The molecule has 0 amide bonds. The first kappa shape index (κ1) is 24.7. The Kier molecular flexibility index (Phi) is 28.0. The van der Waals surface area contributed by atoms with Gasteiger partial charge in [0.15, 0.2) is 0 Å². The fourth-order valence-corrected chi connectivity index (χ4v) is 0.702. The summed E-state index contributed by atoms with van der Waals surface area (Å²) >= 11 is 0. The van der Waals surface area contributed by atoms with E-state index in [-0.39, 0.29) is 76.8 Å². The Balaban J connectivity index is -0.000000108. The number of carbonyl (C=O) groups is 1. The first-order chi connectivity index (χ1) is 6.01. The van der Waals surface area contributed by atoms with Gasteiger partial charge in [0.25, 0.3) is 0 Å². The Morgan fingerprint density at radius 3 is 1.73 bits per heavy atom. The molecule has 4 nitrogen and oxygen atoms in total. The minimum absolute atomic E-state index is 0. The monoisotopic (exact) mass is 230 g/mol. The number of hydrogen-bond donors (Lipinski definition) is 0. The number of rotatable bonds is 3. The van der Waals surface area contributed by atoms with Crippen molar-refractivity contribution in [3.63, 3.8) is 0 Å². The number of hydrogen-bond acceptors (Lipinski definition) is 4. The van der Waals surface area contributed by atoms with Gasteiger partial charge in [0.05, 0.1) is 0 Å². The molecule has 6 heteroatoms. The molecule has 0 aliphatic rings. The average molecular weight is 230 g/mol. The van der Waals surface area contributed by atoms with Gasteiger partial charge in [-0.3, -0.25) is 6.08 Å². The number of allylic oxidation sites excluding steroid dienone is 1. The molecule has 0 atom stereocenters. The maximum Gasteiger partial charge on any atom is 1.00 e. The standard InChI is InChI=1S/C8H13O2.CO2.2Na/c1-4-5-7(6(2)3)8(9)10;2-1-3;;/h6H,4H2,1-3H3,(H,9,10);;;/q-1;;2*+1/p-1. The normalized spacial score (nSPS) is 8.67. The number of carbonyl (C=O) groups excluding carboxylic acids is 3. The second kappa shape index (κ2) is 17.0. The van der Waals surface area contributed by atoms with Gasteiger partial charge in [-0.15, -0.1) is 12.4 Å². The van der Waals surface area contributed by atoms with Crippen LogP contribution in [0.1, 0.15) is 27.2 Å². The Morgan fingerprint density at radius 2 is 1.67 bits per heavy atom. The van der Waals surface area contributed by atoms with Gasteiger partial charge < -0.3 is 9.90 Å². The molecule has 0 aliphatic carbocycles. The van der Waals surface area contributed by atoms with Crippen LogP contribution in [0.15, 0.2) is 5.57 Å². The van der Waals surface area contributed by atoms with E-state index in [1.807, 2.05) is 20.8 Å². The molecule has 0 radical (unpaired) electrons. The molecule has 0 heterocycles. The van der Waals surface area contributed by atoms with Crippen molar-refractivity contribution in [3.05, 3.63) is 11.6 Å². The molecule has 0 rings (SSSR count). The van der Waals surface area contributed by atoms with Crippen LogP contribution >= 0.6 is 0 Å². The van der Waals surface area contributed by atoms with E-state index in [1.165, 1.54) is 0 Å². The summed E-state index contributed by atoms with van der Waals surface area (Å²) in [5.41, 5.74) is 0.280. The summed E-state index contributed by atoms with van der Waals surface area (Å²) in [5, 5.41) is 10.3. The van der Waals surface area contributed by atoms with Gasteiger partial charge in [-0.25, -0.2) is 5.57 Å². The smallest absolute Gasteiger partial charge is 0.658 e.